The van der Waals surface area contributed by atoms with E-state index in [-0.39, 0.29) is 11.9 Å². The second-order valence-corrected chi connectivity index (χ2v) is 7.52. The van der Waals surface area contributed by atoms with E-state index in [1.807, 2.05) is 13.8 Å². The molecular formula is C16H26N4O2S. The first-order chi connectivity index (χ1) is 11.1. The molecule has 1 aromatic rings. The van der Waals surface area contributed by atoms with Crippen molar-refractivity contribution in [3.8, 4) is 0 Å². The summed E-state index contributed by atoms with van der Waals surface area (Å²) in [6, 6.07) is -0.00315. The van der Waals surface area contributed by atoms with E-state index in [0.717, 1.165) is 68.0 Å². The molecule has 1 unspecified atom stereocenters. The molecule has 0 spiro atoms. The van der Waals surface area contributed by atoms with Crippen molar-refractivity contribution in [3.05, 3.63) is 17.3 Å². The number of carbonyl (C=O) groups is 1. The molecule has 3 heterocycles. The normalized spacial score (nSPS) is 23.3. The molecule has 2 N–H and O–H groups in total. The smallest absolute Gasteiger partial charge is 0.238 e. The van der Waals surface area contributed by atoms with Gasteiger partial charge in [-0.25, -0.2) is 4.98 Å². The van der Waals surface area contributed by atoms with Gasteiger partial charge in [-0.1, -0.05) is 0 Å². The van der Waals surface area contributed by atoms with Crippen LogP contribution in [0, 0.1) is 19.8 Å². The Labute approximate surface area is 141 Å². The van der Waals surface area contributed by atoms with Crippen LogP contribution >= 0.6 is 11.8 Å². The third-order valence-electron chi connectivity index (χ3n) is 4.74. The van der Waals surface area contributed by atoms with Crippen molar-refractivity contribution in [3.63, 3.8) is 0 Å². The van der Waals surface area contributed by atoms with Crippen LogP contribution in [-0.2, 0) is 11.3 Å². The molecule has 1 amide bonds. The number of amides is 1. The molecule has 128 valence electrons. The van der Waals surface area contributed by atoms with Crippen LogP contribution in [0.15, 0.2) is 4.42 Å². The summed E-state index contributed by atoms with van der Waals surface area (Å²) in [5, 5.41) is 6.32. The first kappa shape index (κ1) is 16.8. The SMILES string of the molecule is Cc1nc(CN2CCC(CNC(=O)C3CSCN3)CC2)oc1C. The number of oxazole rings is 1. The fraction of sp³-hybridized carbons (Fsp3) is 0.750. The van der Waals surface area contributed by atoms with Crippen molar-refractivity contribution in [1.29, 1.82) is 0 Å². The summed E-state index contributed by atoms with van der Waals surface area (Å²) in [7, 11) is 0. The molecule has 0 aliphatic carbocycles. The topological polar surface area (TPSA) is 70.4 Å². The molecule has 6 nitrogen and oxygen atoms in total. The summed E-state index contributed by atoms with van der Waals surface area (Å²) in [4.78, 5) is 18.8. The number of nitrogens with zero attached hydrogens (tertiary/aromatic N) is 2. The number of aromatic nitrogens is 1. The average molecular weight is 338 g/mol. The molecule has 0 aromatic carbocycles. The third-order valence-corrected chi connectivity index (χ3v) is 5.68. The minimum absolute atomic E-state index is 0.00315. The number of likely N-dealkylation sites (tertiary alicyclic amines) is 1. The van der Waals surface area contributed by atoms with Crippen molar-refractivity contribution in [2.24, 2.45) is 5.92 Å². The van der Waals surface area contributed by atoms with Gasteiger partial charge in [0.15, 0.2) is 0 Å². The summed E-state index contributed by atoms with van der Waals surface area (Å²) in [5.41, 5.74) is 0.983. The zero-order valence-corrected chi connectivity index (χ0v) is 14.7. The second-order valence-electron chi connectivity index (χ2n) is 6.49. The Hall–Kier alpha value is -1.05. The van der Waals surface area contributed by atoms with E-state index in [4.69, 9.17) is 4.42 Å². The number of carbonyl (C=O) groups excluding carboxylic acids is 1. The first-order valence-electron chi connectivity index (χ1n) is 8.36. The van der Waals surface area contributed by atoms with E-state index in [2.05, 4.69) is 20.5 Å². The highest BCUT2D eigenvalue weighted by atomic mass is 32.2. The van der Waals surface area contributed by atoms with Gasteiger partial charge < -0.3 is 9.73 Å². The molecule has 0 bridgehead atoms. The van der Waals surface area contributed by atoms with Crippen molar-refractivity contribution in [1.82, 2.24) is 20.5 Å². The average Bonchev–Trinajstić information content (AvgIpc) is 3.17. The highest BCUT2D eigenvalue weighted by molar-refractivity contribution is 7.99. The Morgan fingerprint density at radius 3 is 2.83 bits per heavy atom. The molecule has 3 rings (SSSR count). The Bertz CT molecular complexity index is 515. The van der Waals surface area contributed by atoms with Gasteiger partial charge in [0.25, 0.3) is 0 Å². The van der Waals surface area contributed by atoms with Gasteiger partial charge in [-0.15, -0.1) is 11.8 Å². The maximum atomic E-state index is 12.0. The summed E-state index contributed by atoms with van der Waals surface area (Å²) in [6.45, 7) is 7.61. The Morgan fingerprint density at radius 1 is 1.43 bits per heavy atom. The lowest BCUT2D eigenvalue weighted by Crippen LogP contribution is -2.45. The number of piperidine rings is 1. The van der Waals surface area contributed by atoms with Gasteiger partial charge >= 0.3 is 0 Å². The predicted octanol–water partition coefficient (Wildman–Crippen LogP) is 1.28. The Balaban J connectivity index is 1.37. The van der Waals surface area contributed by atoms with Gasteiger partial charge in [0.05, 0.1) is 18.3 Å². The predicted molar refractivity (Wildman–Crippen MR) is 91.2 cm³/mol. The highest BCUT2D eigenvalue weighted by Crippen LogP contribution is 2.19. The quantitative estimate of drug-likeness (QED) is 0.843. The molecule has 23 heavy (non-hydrogen) atoms. The maximum Gasteiger partial charge on any atom is 0.238 e. The molecule has 1 atom stereocenters. The van der Waals surface area contributed by atoms with E-state index in [1.54, 1.807) is 11.8 Å². The lowest BCUT2D eigenvalue weighted by molar-refractivity contribution is -0.122. The Morgan fingerprint density at radius 2 is 2.22 bits per heavy atom. The first-order valence-corrected chi connectivity index (χ1v) is 9.51. The zero-order valence-electron chi connectivity index (χ0n) is 13.9. The standard InChI is InChI=1S/C16H26N4O2S/c1-11-12(2)22-15(19-11)8-20-5-3-13(4-6-20)7-17-16(21)14-9-23-10-18-14/h13-14,18H,3-10H2,1-2H3,(H,17,21). The zero-order chi connectivity index (χ0) is 16.2. The van der Waals surface area contributed by atoms with Gasteiger partial charge in [0.1, 0.15) is 5.76 Å². The van der Waals surface area contributed by atoms with Gasteiger partial charge in [0.2, 0.25) is 11.8 Å². The lowest BCUT2D eigenvalue weighted by Gasteiger charge is -2.31. The molecular weight excluding hydrogens is 312 g/mol. The van der Waals surface area contributed by atoms with Gasteiger partial charge in [-0.2, -0.15) is 0 Å². The van der Waals surface area contributed by atoms with E-state index in [9.17, 15) is 4.79 Å². The molecule has 1 aromatic heterocycles. The minimum Gasteiger partial charge on any atom is -0.444 e. The van der Waals surface area contributed by atoms with Crippen LogP contribution in [0.2, 0.25) is 0 Å². The summed E-state index contributed by atoms with van der Waals surface area (Å²) < 4.78 is 5.66. The van der Waals surface area contributed by atoms with Crippen LogP contribution in [-0.4, -0.2) is 53.1 Å². The van der Waals surface area contributed by atoms with Crippen molar-refractivity contribution in [2.75, 3.05) is 31.3 Å². The third kappa shape index (κ3) is 4.49. The lowest BCUT2D eigenvalue weighted by atomic mass is 9.96. The molecule has 2 saturated heterocycles. The van der Waals surface area contributed by atoms with Crippen molar-refractivity contribution >= 4 is 17.7 Å². The molecule has 2 aliphatic heterocycles. The van der Waals surface area contributed by atoms with Gasteiger partial charge in [0, 0.05) is 18.2 Å². The van der Waals surface area contributed by atoms with E-state index in [1.165, 1.54) is 0 Å². The van der Waals surface area contributed by atoms with Crippen LogP contribution in [0.3, 0.4) is 0 Å². The van der Waals surface area contributed by atoms with Crippen LogP contribution in [0.4, 0.5) is 0 Å². The molecule has 2 fully saturated rings. The summed E-state index contributed by atoms with van der Waals surface area (Å²) in [6.07, 6.45) is 2.23. The van der Waals surface area contributed by atoms with Crippen LogP contribution in [0.5, 0.6) is 0 Å². The molecule has 0 radical (unpaired) electrons. The number of hydrogen-bond acceptors (Lipinski definition) is 6. The van der Waals surface area contributed by atoms with E-state index in [0.29, 0.717) is 5.92 Å². The molecule has 2 aliphatic rings. The van der Waals surface area contributed by atoms with Gasteiger partial charge in [-0.05, 0) is 45.7 Å². The van der Waals surface area contributed by atoms with Crippen LogP contribution in [0.1, 0.15) is 30.2 Å². The largest absolute Gasteiger partial charge is 0.444 e. The monoisotopic (exact) mass is 338 g/mol. The molecule has 0 saturated carbocycles. The molecule has 7 heteroatoms. The van der Waals surface area contributed by atoms with Gasteiger partial charge in [-0.3, -0.25) is 15.0 Å². The number of thioether (sulfide) groups is 1. The second kappa shape index (κ2) is 7.68. The van der Waals surface area contributed by atoms with E-state index < -0.39 is 0 Å². The van der Waals surface area contributed by atoms with Crippen LogP contribution < -0.4 is 10.6 Å². The fourth-order valence-electron chi connectivity index (χ4n) is 3.08. The number of nitrogens with one attached hydrogen (secondary N) is 2. The van der Waals surface area contributed by atoms with Crippen molar-refractivity contribution < 1.29 is 9.21 Å². The van der Waals surface area contributed by atoms with E-state index >= 15 is 0 Å². The fourth-order valence-corrected chi connectivity index (χ4v) is 4.02. The number of rotatable bonds is 5. The highest BCUT2D eigenvalue weighted by Gasteiger charge is 2.25. The number of hydrogen-bond donors (Lipinski definition) is 2. The summed E-state index contributed by atoms with van der Waals surface area (Å²) in [5.74, 6) is 4.24. The summed E-state index contributed by atoms with van der Waals surface area (Å²) >= 11 is 1.78. The minimum atomic E-state index is -0.00315. The van der Waals surface area contributed by atoms with Crippen LogP contribution in [0.25, 0.3) is 0 Å². The van der Waals surface area contributed by atoms with Crippen molar-refractivity contribution in [2.45, 2.75) is 39.3 Å². The Kier molecular flexibility index (Phi) is 5.61. The maximum absolute atomic E-state index is 12.0. The number of aryl methyl sites for hydroxylation is 2.